The van der Waals surface area contributed by atoms with E-state index in [0.717, 1.165) is 5.69 Å². The van der Waals surface area contributed by atoms with Gasteiger partial charge in [0.15, 0.2) is 41.5 Å². The Kier molecular flexibility index (Phi) is 4.06. The maximum absolute atomic E-state index is 10.6. The highest BCUT2D eigenvalue weighted by Crippen LogP contribution is 2.35. The molecule has 0 atom stereocenters. The zero-order valence-corrected chi connectivity index (χ0v) is 16.9. The predicted octanol–water partition coefficient (Wildman–Crippen LogP) is 2.37. The van der Waals surface area contributed by atoms with E-state index in [0.29, 0.717) is 32.8 Å². The van der Waals surface area contributed by atoms with Crippen molar-refractivity contribution in [3.8, 4) is 45.8 Å². The molecule has 8 heteroatoms. The fourth-order valence-electron chi connectivity index (χ4n) is 4.07. The van der Waals surface area contributed by atoms with Crippen LogP contribution >= 0.6 is 0 Å². The van der Waals surface area contributed by atoms with Gasteiger partial charge in [-0.1, -0.05) is 6.07 Å². The maximum atomic E-state index is 10.6. The number of hydrogen-bond donors (Lipinski definition) is 6. The summed E-state index contributed by atoms with van der Waals surface area (Å²) in [7, 11) is 1.81. The van der Waals surface area contributed by atoms with Gasteiger partial charge in [0.25, 0.3) is 0 Å². The molecule has 32 heavy (non-hydrogen) atoms. The SMILES string of the molecule is C[n+]1c(-c2ccc(O)c(O)c2)cc2/c(=C\c3ccc(O)c(O)c3)c3c(O)c(O)ccc3n21. The summed E-state index contributed by atoms with van der Waals surface area (Å²) in [5, 5.41) is 60.8. The van der Waals surface area contributed by atoms with Crippen LogP contribution < -0.4 is 9.90 Å². The summed E-state index contributed by atoms with van der Waals surface area (Å²) in [5.41, 5.74) is 3.29. The molecular formula is C24H19N2O6+. The smallest absolute Gasteiger partial charge is 0.239 e. The van der Waals surface area contributed by atoms with E-state index in [-0.39, 0.29) is 34.5 Å². The van der Waals surface area contributed by atoms with Crippen LogP contribution in [0.1, 0.15) is 5.56 Å². The van der Waals surface area contributed by atoms with Gasteiger partial charge in [0.1, 0.15) is 11.0 Å². The molecule has 2 aromatic heterocycles. The number of aromatic nitrogens is 2. The first-order chi connectivity index (χ1) is 15.3. The van der Waals surface area contributed by atoms with Crippen molar-refractivity contribution in [2.45, 2.75) is 0 Å². The normalized spacial score (nSPS) is 12.2. The average Bonchev–Trinajstić information content (AvgIpc) is 3.25. The van der Waals surface area contributed by atoms with E-state index >= 15 is 0 Å². The molecule has 0 radical (unpaired) electrons. The lowest BCUT2D eigenvalue weighted by Crippen LogP contribution is -2.36. The Labute approximate surface area is 181 Å². The van der Waals surface area contributed by atoms with Crippen molar-refractivity contribution in [1.82, 2.24) is 4.52 Å². The molecule has 8 nitrogen and oxygen atoms in total. The molecule has 2 heterocycles. The minimum Gasteiger partial charge on any atom is -0.504 e. The van der Waals surface area contributed by atoms with Gasteiger partial charge in [-0.15, -0.1) is 9.20 Å². The van der Waals surface area contributed by atoms with Crippen LogP contribution in [0.5, 0.6) is 34.5 Å². The van der Waals surface area contributed by atoms with Gasteiger partial charge in [0.05, 0.1) is 10.9 Å². The summed E-state index contributed by atoms with van der Waals surface area (Å²) < 4.78 is 3.67. The van der Waals surface area contributed by atoms with Gasteiger partial charge in [-0.3, -0.25) is 0 Å². The number of hydrogen-bond acceptors (Lipinski definition) is 6. The Hall–Kier alpha value is -4.59. The highest BCUT2D eigenvalue weighted by atomic mass is 16.3. The van der Waals surface area contributed by atoms with Crippen LogP contribution in [0.2, 0.25) is 0 Å². The van der Waals surface area contributed by atoms with Gasteiger partial charge in [0.2, 0.25) is 5.69 Å². The third-order valence-electron chi connectivity index (χ3n) is 5.64. The summed E-state index contributed by atoms with van der Waals surface area (Å²) in [4.78, 5) is 0. The molecule has 0 spiro atoms. The van der Waals surface area contributed by atoms with Crippen molar-refractivity contribution in [2.24, 2.45) is 7.05 Å². The van der Waals surface area contributed by atoms with Crippen LogP contribution in [0.3, 0.4) is 0 Å². The fraction of sp³-hybridized carbons (Fsp3) is 0.0417. The molecule has 0 fully saturated rings. The van der Waals surface area contributed by atoms with E-state index < -0.39 is 0 Å². The predicted molar refractivity (Wildman–Crippen MR) is 117 cm³/mol. The maximum Gasteiger partial charge on any atom is 0.239 e. The quantitative estimate of drug-likeness (QED) is 0.188. The average molecular weight is 431 g/mol. The number of phenolic OH excluding ortho intramolecular Hbond substituents is 6. The van der Waals surface area contributed by atoms with Crippen LogP contribution in [0.15, 0.2) is 54.6 Å². The molecule has 0 aliphatic heterocycles. The summed E-state index contributed by atoms with van der Waals surface area (Å²) in [6.45, 7) is 0. The van der Waals surface area contributed by atoms with Gasteiger partial charge >= 0.3 is 0 Å². The number of phenols is 6. The third kappa shape index (κ3) is 2.73. The Balaban J connectivity index is 1.90. The molecule has 5 rings (SSSR count). The second-order valence-electron chi connectivity index (χ2n) is 7.59. The van der Waals surface area contributed by atoms with E-state index in [9.17, 15) is 30.6 Å². The van der Waals surface area contributed by atoms with Crippen LogP contribution in [0, 0.1) is 0 Å². The molecule has 0 saturated carbocycles. The zero-order chi connectivity index (χ0) is 22.7. The van der Waals surface area contributed by atoms with E-state index in [4.69, 9.17) is 0 Å². The van der Waals surface area contributed by atoms with Crippen molar-refractivity contribution < 1.29 is 35.3 Å². The zero-order valence-electron chi connectivity index (χ0n) is 16.9. The second-order valence-corrected chi connectivity index (χ2v) is 7.59. The van der Waals surface area contributed by atoms with Crippen molar-refractivity contribution in [3.63, 3.8) is 0 Å². The van der Waals surface area contributed by atoms with Crippen LogP contribution in [-0.4, -0.2) is 35.2 Å². The number of nitrogens with zero attached hydrogens (tertiary/aromatic N) is 2. The molecule has 0 aliphatic carbocycles. The molecule has 3 aromatic carbocycles. The molecule has 6 N–H and O–H groups in total. The molecule has 0 saturated heterocycles. The molecule has 0 amide bonds. The summed E-state index contributed by atoms with van der Waals surface area (Å²) in [5.74, 6) is -1.53. The first kappa shape index (κ1) is 19.4. The first-order valence-electron chi connectivity index (χ1n) is 9.70. The van der Waals surface area contributed by atoms with Crippen molar-refractivity contribution in [1.29, 1.82) is 0 Å². The highest BCUT2D eigenvalue weighted by Gasteiger charge is 2.25. The van der Waals surface area contributed by atoms with Crippen molar-refractivity contribution in [3.05, 3.63) is 65.4 Å². The fourth-order valence-corrected chi connectivity index (χ4v) is 4.07. The summed E-state index contributed by atoms with van der Waals surface area (Å²) >= 11 is 0. The minimum absolute atomic E-state index is 0.221. The van der Waals surface area contributed by atoms with Crippen molar-refractivity contribution in [2.75, 3.05) is 0 Å². The van der Waals surface area contributed by atoms with Crippen LogP contribution in [-0.2, 0) is 7.05 Å². The van der Waals surface area contributed by atoms with E-state index in [2.05, 4.69) is 0 Å². The Morgan fingerprint density at radius 1 is 0.688 bits per heavy atom. The number of rotatable bonds is 2. The minimum atomic E-state index is -0.279. The lowest BCUT2D eigenvalue weighted by Gasteiger charge is -2.01. The molecule has 0 aliphatic rings. The van der Waals surface area contributed by atoms with E-state index in [1.165, 1.54) is 30.3 Å². The number of aryl methyl sites for hydroxylation is 1. The lowest BCUT2D eigenvalue weighted by atomic mass is 10.1. The summed E-state index contributed by atoms with van der Waals surface area (Å²) in [6.07, 6.45) is 1.73. The standard InChI is InChI=1S/C24H18N2O6/c1-25-16(13-3-6-19(28)22(31)10-13)11-17-14(8-12-2-5-18(27)21(30)9-12)23-15(26(17)25)4-7-20(29)24(23)32/h2-11H,1H3,(H5,27,28,29,30,31,32)/p+1. The lowest BCUT2D eigenvalue weighted by molar-refractivity contribution is -0.725. The van der Waals surface area contributed by atoms with E-state index in [1.807, 2.05) is 22.3 Å². The molecule has 0 unspecified atom stereocenters. The largest absolute Gasteiger partial charge is 0.504 e. The molecule has 160 valence electrons. The topological polar surface area (TPSA) is 130 Å². The summed E-state index contributed by atoms with van der Waals surface area (Å²) in [6, 6.07) is 13.9. The number of fused-ring (bicyclic) bond motifs is 3. The Bertz CT molecular complexity index is 1600. The van der Waals surface area contributed by atoms with Crippen LogP contribution in [0.4, 0.5) is 0 Å². The van der Waals surface area contributed by atoms with Crippen LogP contribution in [0.25, 0.3) is 33.8 Å². The van der Waals surface area contributed by atoms with E-state index in [1.54, 1.807) is 24.3 Å². The van der Waals surface area contributed by atoms with Crippen molar-refractivity contribution >= 4 is 22.5 Å². The number of aromatic hydroxyl groups is 6. The van der Waals surface area contributed by atoms with Gasteiger partial charge in [-0.25, -0.2) is 0 Å². The molecule has 0 bridgehead atoms. The first-order valence-corrected chi connectivity index (χ1v) is 9.70. The van der Waals surface area contributed by atoms with Gasteiger partial charge in [-0.05, 0) is 54.1 Å². The number of benzene rings is 3. The molecular weight excluding hydrogens is 412 g/mol. The Morgan fingerprint density at radius 3 is 2.03 bits per heavy atom. The third-order valence-corrected chi connectivity index (χ3v) is 5.64. The van der Waals surface area contributed by atoms with Gasteiger partial charge < -0.3 is 30.6 Å². The Morgan fingerprint density at radius 2 is 1.34 bits per heavy atom. The van der Waals surface area contributed by atoms with Gasteiger partial charge in [-0.2, -0.15) is 0 Å². The second kappa shape index (κ2) is 6.71. The molecule has 5 aromatic rings. The monoisotopic (exact) mass is 431 g/mol. The van der Waals surface area contributed by atoms with Gasteiger partial charge in [0, 0.05) is 11.3 Å². The highest BCUT2D eigenvalue weighted by molar-refractivity contribution is 5.96.